The molecule has 1 aromatic heterocycles. The van der Waals surface area contributed by atoms with Crippen LogP contribution in [0.3, 0.4) is 0 Å². The summed E-state index contributed by atoms with van der Waals surface area (Å²) in [4.78, 5) is 4.51. The zero-order valence-corrected chi connectivity index (χ0v) is 13.0. The summed E-state index contributed by atoms with van der Waals surface area (Å²) < 4.78 is 0. The lowest BCUT2D eigenvalue weighted by atomic mass is 9.70. The molecule has 1 aliphatic carbocycles. The van der Waals surface area contributed by atoms with E-state index in [4.69, 9.17) is 5.73 Å². The monoisotopic (exact) mass is 282 g/mol. The predicted octanol–water partition coefficient (Wildman–Crippen LogP) is 4.49. The number of benzene rings is 1. The second-order valence-electron chi connectivity index (χ2n) is 6.53. The fourth-order valence-corrected chi connectivity index (χ4v) is 4.00. The van der Waals surface area contributed by atoms with Crippen LogP contribution in [0.1, 0.15) is 50.5 Å². The van der Waals surface area contributed by atoms with Crippen molar-refractivity contribution in [3.63, 3.8) is 0 Å². The Morgan fingerprint density at radius 2 is 2.14 bits per heavy atom. The van der Waals surface area contributed by atoms with Crippen molar-refractivity contribution in [2.75, 3.05) is 6.54 Å². The molecule has 1 saturated carbocycles. The third-order valence-corrected chi connectivity index (χ3v) is 5.16. The van der Waals surface area contributed by atoms with Gasteiger partial charge < -0.3 is 5.73 Å². The Bertz CT molecular complexity index is 593. The summed E-state index contributed by atoms with van der Waals surface area (Å²) in [5.41, 5.74) is 8.60. The van der Waals surface area contributed by atoms with Crippen LogP contribution in [0, 0.1) is 11.8 Å². The van der Waals surface area contributed by atoms with Gasteiger partial charge in [0.1, 0.15) is 0 Å². The summed E-state index contributed by atoms with van der Waals surface area (Å²) in [7, 11) is 0. The van der Waals surface area contributed by atoms with Crippen LogP contribution >= 0.6 is 0 Å². The van der Waals surface area contributed by atoms with Gasteiger partial charge in [0.15, 0.2) is 0 Å². The van der Waals surface area contributed by atoms with Gasteiger partial charge >= 0.3 is 0 Å². The first-order chi connectivity index (χ1) is 10.3. The third-order valence-electron chi connectivity index (χ3n) is 5.16. The van der Waals surface area contributed by atoms with Crippen molar-refractivity contribution in [1.82, 2.24) is 4.98 Å². The van der Waals surface area contributed by atoms with E-state index in [2.05, 4.69) is 36.2 Å². The molecule has 0 radical (unpaired) electrons. The lowest BCUT2D eigenvalue weighted by Crippen LogP contribution is -2.29. The maximum Gasteiger partial charge on any atom is 0.0704 e. The number of rotatable bonds is 4. The Balaban J connectivity index is 1.89. The summed E-state index contributed by atoms with van der Waals surface area (Å²) in [5.74, 6) is 2.13. The average Bonchev–Trinajstić information content (AvgIpc) is 2.54. The fourth-order valence-electron chi connectivity index (χ4n) is 4.00. The minimum absolute atomic E-state index is 0.617. The van der Waals surface area contributed by atoms with Crippen molar-refractivity contribution in [3.8, 4) is 0 Å². The van der Waals surface area contributed by atoms with Crippen molar-refractivity contribution in [2.24, 2.45) is 17.6 Å². The smallest absolute Gasteiger partial charge is 0.0704 e. The first kappa shape index (κ1) is 14.5. The van der Waals surface area contributed by atoms with E-state index in [1.807, 2.05) is 12.3 Å². The summed E-state index contributed by atoms with van der Waals surface area (Å²) in [6, 6.07) is 10.9. The number of fused-ring (bicyclic) bond motifs is 1. The first-order valence-electron chi connectivity index (χ1n) is 8.36. The average molecular weight is 282 g/mol. The second kappa shape index (κ2) is 6.57. The molecule has 0 spiro atoms. The number of pyridine rings is 1. The molecule has 3 unspecified atom stereocenters. The van der Waals surface area contributed by atoms with Crippen molar-refractivity contribution in [2.45, 2.75) is 44.9 Å². The highest BCUT2D eigenvalue weighted by Gasteiger charge is 2.30. The molecule has 1 aliphatic rings. The van der Waals surface area contributed by atoms with E-state index >= 15 is 0 Å². The molecule has 1 aromatic carbocycles. The van der Waals surface area contributed by atoms with Crippen LogP contribution < -0.4 is 5.73 Å². The topological polar surface area (TPSA) is 38.9 Å². The van der Waals surface area contributed by atoms with E-state index in [1.165, 1.54) is 43.1 Å². The van der Waals surface area contributed by atoms with Gasteiger partial charge in [-0.15, -0.1) is 0 Å². The highest BCUT2D eigenvalue weighted by molar-refractivity contribution is 5.79. The molecule has 3 rings (SSSR count). The number of nitrogens with zero attached hydrogens (tertiary/aromatic N) is 1. The first-order valence-corrected chi connectivity index (χ1v) is 8.36. The Kier molecular flexibility index (Phi) is 4.54. The van der Waals surface area contributed by atoms with Gasteiger partial charge in [-0.25, -0.2) is 0 Å². The van der Waals surface area contributed by atoms with Crippen molar-refractivity contribution < 1.29 is 0 Å². The molecule has 2 aromatic rings. The Labute approximate surface area is 127 Å². The predicted molar refractivity (Wildman–Crippen MR) is 89.3 cm³/mol. The van der Waals surface area contributed by atoms with Crippen molar-refractivity contribution in [3.05, 3.63) is 42.1 Å². The molecule has 1 heterocycles. The molecule has 2 N–H and O–H groups in total. The molecule has 0 amide bonds. The van der Waals surface area contributed by atoms with Crippen molar-refractivity contribution >= 4 is 10.9 Å². The lowest BCUT2D eigenvalue weighted by molar-refractivity contribution is 0.230. The Hall–Kier alpha value is -1.41. The molecule has 0 aliphatic heterocycles. The third kappa shape index (κ3) is 3.11. The van der Waals surface area contributed by atoms with Gasteiger partial charge in [0, 0.05) is 11.6 Å². The van der Waals surface area contributed by atoms with Gasteiger partial charge in [-0.2, -0.15) is 0 Å². The van der Waals surface area contributed by atoms with Crippen LogP contribution in [0.4, 0.5) is 0 Å². The summed E-state index contributed by atoms with van der Waals surface area (Å²) in [5, 5.41) is 1.23. The van der Waals surface area contributed by atoms with Crippen LogP contribution in [0.25, 0.3) is 10.9 Å². The van der Waals surface area contributed by atoms with Gasteiger partial charge in [0.2, 0.25) is 0 Å². The summed E-state index contributed by atoms with van der Waals surface area (Å²) in [6.07, 6.45) is 8.48. The van der Waals surface area contributed by atoms with E-state index in [1.54, 1.807) is 0 Å². The fraction of sp³-hybridized carbons (Fsp3) is 0.526. The van der Waals surface area contributed by atoms with Gasteiger partial charge in [0.05, 0.1) is 5.52 Å². The molecule has 0 bridgehead atoms. The lowest BCUT2D eigenvalue weighted by Gasteiger charge is -2.36. The SMILES string of the molecule is CCCC1CCC(CN)C(c2ccc3cccnc3c2)C1. The normalized spacial score (nSPS) is 26.1. The highest BCUT2D eigenvalue weighted by atomic mass is 14.6. The van der Waals surface area contributed by atoms with Crippen molar-refractivity contribution in [1.29, 1.82) is 0 Å². The Morgan fingerprint density at radius 1 is 1.24 bits per heavy atom. The molecule has 112 valence electrons. The molecule has 2 nitrogen and oxygen atoms in total. The Morgan fingerprint density at radius 3 is 2.95 bits per heavy atom. The zero-order chi connectivity index (χ0) is 14.7. The standard InChI is InChI=1S/C19H26N2/c1-2-4-14-6-7-17(13-20)18(11-14)16-9-8-15-5-3-10-21-19(15)12-16/h3,5,8-10,12,14,17-18H,2,4,6-7,11,13,20H2,1H3. The van der Waals surface area contributed by atoms with Gasteiger partial charge in [0.25, 0.3) is 0 Å². The van der Waals surface area contributed by atoms with Crippen LogP contribution in [-0.4, -0.2) is 11.5 Å². The molecule has 3 atom stereocenters. The van der Waals surface area contributed by atoms with Gasteiger partial charge in [-0.05, 0) is 54.8 Å². The molecule has 1 fully saturated rings. The minimum Gasteiger partial charge on any atom is -0.330 e. The zero-order valence-electron chi connectivity index (χ0n) is 13.0. The largest absolute Gasteiger partial charge is 0.330 e. The molecular formula is C19H26N2. The molecular weight excluding hydrogens is 256 g/mol. The maximum absolute atomic E-state index is 6.05. The summed E-state index contributed by atoms with van der Waals surface area (Å²) in [6.45, 7) is 3.10. The second-order valence-corrected chi connectivity index (χ2v) is 6.53. The number of aromatic nitrogens is 1. The van der Waals surface area contributed by atoms with E-state index in [9.17, 15) is 0 Å². The van der Waals surface area contributed by atoms with E-state index in [0.29, 0.717) is 11.8 Å². The van der Waals surface area contributed by atoms with Crippen LogP contribution in [-0.2, 0) is 0 Å². The molecule has 0 saturated heterocycles. The minimum atomic E-state index is 0.617. The van der Waals surface area contributed by atoms with Crippen LogP contribution in [0.15, 0.2) is 36.5 Å². The quantitative estimate of drug-likeness (QED) is 0.897. The number of hydrogen-bond donors (Lipinski definition) is 1. The van der Waals surface area contributed by atoms with Crippen LogP contribution in [0.5, 0.6) is 0 Å². The molecule has 2 heteroatoms. The van der Waals surface area contributed by atoms with Crippen LogP contribution in [0.2, 0.25) is 0 Å². The maximum atomic E-state index is 6.05. The highest BCUT2D eigenvalue weighted by Crippen LogP contribution is 2.42. The van der Waals surface area contributed by atoms with E-state index < -0.39 is 0 Å². The molecule has 21 heavy (non-hydrogen) atoms. The van der Waals surface area contributed by atoms with Gasteiger partial charge in [-0.3, -0.25) is 4.98 Å². The van der Waals surface area contributed by atoms with E-state index in [-0.39, 0.29) is 0 Å². The summed E-state index contributed by atoms with van der Waals surface area (Å²) >= 11 is 0. The number of nitrogens with two attached hydrogens (primary N) is 1. The number of hydrogen-bond acceptors (Lipinski definition) is 2. The van der Waals surface area contributed by atoms with E-state index in [0.717, 1.165) is 18.0 Å². The van der Waals surface area contributed by atoms with Gasteiger partial charge in [-0.1, -0.05) is 44.4 Å².